The molecule has 0 unspecified atom stereocenters. The molecular weight excluding hydrogens is 297 g/mol. The summed E-state index contributed by atoms with van der Waals surface area (Å²) in [6.45, 7) is 7.05. The van der Waals surface area contributed by atoms with Crippen LogP contribution in [-0.2, 0) is 4.74 Å². The maximum Gasteiger partial charge on any atom is 0.338 e. The van der Waals surface area contributed by atoms with Gasteiger partial charge in [0, 0.05) is 30.5 Å². The fraction of sp³-hybridized carbons (Fsp3) is 0.533. The third-order valence-corrected chi connectivity index (χ3v) is 3.18. The highest BCUT2D eigenvalue weighted by Crippen LogP contribution is 2.22. The van der Waals surface area contributed by atoms with Gasteiger partial charge in [0.1, 0.15) is 0 Å². The molecule has 0 fully saturated rings. The molecule has 0 N–H and O–H groups in total. The number of nitrogens with zero attached hydrogens (tertiary/aromatic N) is 1. The van der Waals surface area contributed by atoms with Crippen molar-refractivity contribution in [2.75, 3.05) is 29.7 Å². The van der Waals surface area contributed by atoms with Gasteiger partial charge in [0.25, 0.3) is 0 Å². The van der Waals surface area contributed by atoms with E-state index in [2.05, 4.69) is 4.90 Å². The number of aryl methyl sites for hydroxylation is 1. The molecule has 0 saturated heterocycles. The lowest BCUT2D eigenvalue weighted by atomic mass is 10.1. The van der Waals surface area contributed by atoms with Crippen molar-refractivity contribution in [2.24, 2.45) is 0 Å². The van der Waals surface area contributed by atoms with E-state index in [4.69, 9.17) is 27.9 Å². The van der Waals surface area contributed by atoms with Gasteiger partial charge >= 0.3 is 5.97 Å². The number of esters is 1. The number of hydrogen-bond donors (Lipinski definition) is 0. The minimum Gasteiger partial charge on any atom is -0.459 e. The summed E-state index contributed by atoms with van der Waals surface area (Å²) >= 11 is 11.7. The number of hydrogen-bond acceptors (Lipinski definition) is 3. The van der Waals surface area contributed by atoms with Gasteiger partial charge in [-0.15, -0.1) is 23.2 Å². The van der Waals surface area contributed by atoms with Crippen molar-refractivity contribution < 1.29 is 9.53 Å². The molecule has 5 heteroatoms. The lowest BCUT2D eigenvalue weighted by Gasteiger charge is -2.25. The van der Waals surface area contributed by atoms with Crippen LogP contribution >= 0.6 is 23.2 Å². The summed E-state index contributed by atoms with van der Waals surface area (Å²) in [5.74, 6) is 0.714. The second kappa shape index (κ2) is 8.38. The summed E-state index contributed by atoms with van der Waals surface area (Å²) in [5, 5.41) is 0. The Labute approximate surface area is 130 Å². The maximum absolute atomic E-state index is 12.0. The normalized spacial score (nSPS) is 10.7. The Hall–Kier alpha value is -0.930. The molecule has 0 amide bonds. The number of rotatable bonds is 7. The van der Waals surface area contributed by atoms with Crippen LogP contribution in [-0.4, -0.2) is 36.9 Å². The average Bonchev–Trinajstić information content (AvgIpc) is 2.38. The highest BCUT2D eigenvalue weighted by molar-refractivity contribution is 6.18. The van der Waals surface area contributed by atoms with E-state index in [0.29, 0.717) is 30.4 Å². The molecule has 0 aliphatic heterocycles. The Bertz CT molecular complexity index is 443. The van der Waals surface area contributed by atoms with Crippen LogP contribution in [0.15, 0.2) is 18.2 Å². The van der Waals surface area contributed by atoms with Gasteiger partial charge < -0.3 is 9.64 Å². The van der Waals surface area contributed by atoms with E-state index in [0.717, 1.165) is 11.3 Å². The van der Waals surface area contributed by atoms with Crippen molar-refractivity contribution in [3.05, 3.63) is 29.3 Å². The molecule has 0 aliphatic rings. The number of carbonyl (C=O) groups excluding carboxylic acids is 1. The fourth-order valence-corrected chi connectivity index (χ4v) is 2.32. The molecular formula is C15H21Cl2NO2. The van der Waals surface area contributed by atoms with Crippen LogP contribution in [0.1, 0.15) is 29.8 Å². The summed E-state index contributed by atoms with van der Waals surface area (Å²) in [5.41, 5.74) is 2.61. The highest BCUT2D eigenvalue weighted by atomic mass is 35.5. The molecule has 1 aromatic carbocycles. The zero-order valence-electron chi connectivity index (χ0n) is 12.2. The van der Waals surface area contributed by atoms with Gasteiger partial charge in [-0.2, -0.15) is 0 Å². The standard InChI is InChI=1S/C15H21Cl2NO2/c1-11(2)20-15(19)13-5-4-12(3)14(10-13)18(8-6-16)9-7-17/h4-5,10-11H,6-9H2,1-3H3. The van der Waals surface area contributed by atoms with Crippen molar-refractivity contribution in [1.29, 1.82) is 0 Å². The van der Waals surface area contributed by atoms with Crippen molar-refractivity contribution in [3.63, 3.8) is 0 Å². The summed E-state index contributed by atoms with van der Waals surface area (Å²) < 4.78 is 5.22. The van der Waals surface area contributed by atoms with E-state index in [1.54, 1.807) is 6.07 Å². The second-order valence-corrected chi connectivity index (χ2v) is 5.58. The zero-order chi connectivity index (χ0) is 15.1. The molecule has 0 saturated carbocycles. The third-order valence-electron chi connectivity index (χ3n) is 2.84. The molecule has 3 nitrogen and oxygen atoms in total. The molecule has 112 valence electrons. The molecule has 0 heterocycles. The van der Waals surface area contributed by atoms with Crippen LogP contribution in [0.5, 0.6) is 0 Å². The van der Waals surface area contributed by atoms with Gasteiger partial charge in [0.15, 0.2) is 0 Å². The van der Waals surface area contributed by atoms with Crippen LogP contribution in [0.2, 0.25) is 0 Å². The van der Waals surface area contributed by atoms with Gasteiger partial charge in [-0.05, 0) is 38.5 Å². The van der Waals surface area contributed by atoms with E-state index in [1.807, 2.05) is 32.9 Å². The SMILES string of the molecule is Cc1ccc(C(=O)OC(C)C)cc1N(CCCl)CCCl. The van der Waals surface area contributed by atoms with Gasteiger partial charge in [0.05, 0.1) is 11.7 Å². The first-order valence-corrected chi connectivity index (χ1v) is 7.75. The Morgan fingerprint density at radius 2 is 1.85 bits per heavy atom. The summed E-state index contributed by atoms with van der Waals surface area (Å²) in [6.07, 6.45) is -0.131. The minimum absolute atomic E-state index is 0.131. The van der Waals surface area contributed by atoms with E-state index < -0.39 is 0 Å². The van der Waals surface area contributed by atoms with Gasteiger partial charge in [-0.1, -0.05) is 6.07 Å². The van der Waals surface area contributed by atoms with Crippen molar-refractivity contribution in [2.45, 2.75) is 26.9 Å². The molecule has 0 aliphatic carbocycles. The first-order valence-electron chi connectivity index (χ1n) is 6.68. The smallest absolute Gasteiger partial charge is 0.338 e. The van der Waals surface area contributed by atoms with Gasteiger partial charge in [-0.25, -0.2) is 4.79 Å². The largest absolute Gasteiger partial charge is 0.459 e. The lowest BCUT2D eigenvalue weighted by Crippen LogP contribution is -2.28. The van der Waals surface area contributed by atoms with Gasteiger partial charge in [0.2, 0.25) is 0 Å². The molecule has 0 radical (unpaired) electrons. The third kappa shape index (κ3) is 4.88. The minimum atomic E-state index is -0.307. The van der Waals surface area contributed by atoms with E-state index in [9.17, 15) is 4.79 Å². The van der Waals surface area contributed by atoms with Crippen LogP contribution in [0.3, 0.4) is 0 Å². The predicted molar refractivity (Wildman–Crippen MR) is 85.4 cm³/mol. The van der Waals surface area contributed by atoms with Crippen LogP contribution in [0.4, 0.5) is 5.69 Å². The number of alkyl halides is 2. The molecule has 1 aromatic rings. The monoisotopic (exact) mass is 317 g/mol. The molecule has 0 bridgehead atoms. The van der Waals surface area contributed by atoms with Crippen LogP contribution < -0.4 is 4.90 Å². The topological polar surface area (TPSA) is 29.5 Å². The summed E-state index contributed by atoms with van der Waals surface area (Å²) in [6, 6.07) is 5.55. The summed E-state index contributed by atoms with van der Waals surface area (Å²) in [4.78, 5) is 14.0. The van der Waals surface area contributed by atoms with Crippen molar-refractivity contribution >= 4 is 34.9 Å². The Morgan fingerprint density at radius 1 is 1.25 bits per heavy atom. The van der Waals surface area contributed by atoms with Gasteiger partial charge in [-0.3, -0.25) is 0 Å². The average molecular weight is 318 g/mol. The lowest BCUT2D eigenvalue weighted by molar-refractivity contribution is 0.0378. The Morgan fingerprint density at radius 3 is 2.35 bits per heavy atom. The van der Waals surface area contributed by atoms with Crippen LogP contribution in [0.25, 0.3) is 0 Å². The Kier molecular flexibility index (Phi) is 7.17. The molecule has 20 heavy (non-hydrogen) atoms. The first-order chi connectivity index (χ1) is 9.49. The van der Waals surface area contributed by atoms with Crippen LogP contribution in [0, 0.1) is 6.92 Å². The molecule has 0 aromatic heterocycles. The quantitative estimate of drug-likeness (QED) is 0.565. The number of anilines is 1. The number of carbonyl (C=O) groups is 1. The molecule has 0 spiro atoms. The highest BCUT2D eigenvalue weighted by Gasteiger charge is 2.14. The van der Waals surface area contributed by atoms with E-state index in [1.165, 1.54) is 0 Å². The van der Waals surface area contributed by atoms with E-state index in [-0.39, 0.29) is 12.1 Å². The fourth-order valence-electron chi connectivity index (χ4n) is 1.92. The maximum atomic E-state index is 12.0. The molecule has 1 rings (SSSR count). The second-order valence-electron chi connectivity index (χ2n) is 4.82. The molecule has 0 atom stereocenters. The first kappa shape index (κ1) is 17.1. The predicted octanol–water partition coefficient (Wildman–Crippen LogP) is 3.84. The van der Waals surface area contributed by atoms with Crippen molar-refractivity contribution in [3.8, 4) is 0 Å². The number of ether oxygens (including phenoxy) is 1. The summed E-state index contributed by atoms with van der Waals surface area (Å²) in [7, 11) is 0. The number of benzene rings is 1. The Balaban J connectivity index is 3.03. The zero-order valence-corrected chi connectivity index (χ0v) is 13.7. The van der Waals surface area contributed by atoms with Crippen molar-refractivity contribution in [1.82, 2.24) is 0 Å². The van der Waals surface area contributed by atoms with E-state index >= 15 is 0 Å². The number of halogens is 2.